The van der Waals surface area contributed by atoms with Gasteiger partial charge < -0.3 is 15.4 Å². The van der Waals surface area contributed by atoms with Crippen molar-refractivity contribution in [3.05, 3.63) is 72.6 Å². The van der Waals surface area contributed by atoms with E-state index in [0.717, 1.165) is 37.6 Å². The van der Waals surface area contributed by atoms with Crippen LogP contribution in [0.4, 0.5) is 0 Å². The SMILES string of the molecule is CN=C(NCCCOc1ccc2ccccc2c1)NCCc1cccnc1.I. The molecule has 0 aliphatic rings. The van der Waals surface area contributed by atoms with Crippen molar-refractivity contribution >= 4 is 40.7 Å². The van der Waals surface area contributed by atoms with Crippen LogP contribution >= 0.6 is 24.0 Å². The molecule has 0 saturated heterocycles. The Morgan fingerprint density at radius 2 is 1.82 bits per heavy atom. The number of nitrogens with zero attached hydrogens (tertiary/aromatic N) is 2. The molecule has 28 heavy (non-hydrogen) atoms. The first-order chi connectivity index (χ1) is 13.3. The van der Waals surface area contributed by atoms with E-state index in [1.807, 2.05) is 30.5 Å². The zero-order valence-electron chi connectivity index (χ0n) is 16.1. The van der Waals surface area contributed by atoms with Gasteiger partial charge in [0.05, 0.1) is 6.61 Å². The van der Waals surface area contributed by atoms with Gasteiger partial charge in [-0.25, -0.2) is 0 Å². The molecule has 1 heterocycles. The van der Waals surface area contributed by atoms with Crippen molar-refractivity contribution in [2.24, 2.45) is 4.99 Å². The first kappa shape index (κ1) is 21.9. The molecule has 3 rings (SSSR count). The molecule has 148 valence electrons. The van der Waals surface area contributed by atoms with Gasteiger partial charge in [-0.3, -0.25) is 9.98 Å². The summed E-state index contributed by atoms with van der Waals surface area (Å²) >= 11 is 0. The second kappa shape index (κ2) is 12.2. The van der Waals surface area contributed by atoms with Gasteiger partial charge in [0.2, 0.25) is 0 Å². The van der Waals surface area contributed by atoms with Crippen molar-refractivity contribution in [1.82, 2.24) is 15.6 Å². The van der Waals surface area contributed by atoms with Crippen LogP contribution in [0.1, 0.15) is 12.0 Å². The Kier molecular flexibility index (Phi) is 9.54. The monoisotopic (exact) mass is 490 g/mol. The number of nitrogens with one attached hydrogen (secondary N) is 2. The fraction of sp³-hybridized carbons (Fsp3) is 0.273. The zero-order chi connectivity index (χ0) is 18.7. The van der Waals surface area contributed by atoms with E-state index in [4.69, 9.17) is 4.74 Å². The summed E-state index contributed by atoms with van der Waals surface area (Å²) in [6, 6.07) is 18.5. The van der Waals surface area contributed by atoms with Gasteiger partial charge in [-0.1, -0.05) is 36.4 Å². The van der Waals surface area contributed by atoms with Crippen LogP contribution in [0.3, 0.4) is 0 Å². The third-order valence-electron chi connectivity index (χ3n) is 4.26. The lowest BCUT2D eigenvalue weighted by atomic mass is 10.1. The molecule has 0 saturated carbocycles. The predicted molar refractivity (Wildman–Crippen MR) is 127 cm³/mol. The van der Waals surface area contributed by atoms with Crippen LogP contribution in [0.25, 0.3) is 10.8 Å². The summed E-state index contributed by atoms with van der Waals surface area (Å²) in [5, 5.41) is 9.06. The average Bonchev–Trinajstić information content (AvgIpc) is 2.73. The molecule has 2 N–H and O–H groups in total. The Hall–Kier alpha value is -2.35. The summed E-state index contributed by atoms with van der Waals surface area (Å²) < 4.78 is 5.86. The van der Waals surface area contributed by atoms with Gasteiger partial charge in [0.1, 0.15) is 5.75 Å². The molecule has 3 aromatic rings. The summed E-state index contributed by atoms with van der Waals surface area (Å²) in [5.74, 6) is 1.72. The summed E-state index contributed by atoms with van der Waals surface area (Å²) in [6.45, 7) is 2.29. The molecule has 1 aromatic heterocycles. The summed E-state index contributed by atoms with van der Waals surface area (Å²) in [4.78, 5) is 8.37. The standard InChI is InChI=1S/C22H26N4O.HI/c1-23-22(26-14-11-18-6-4-12-24-17-18)25-13-5-15-27-21-10-9-19-7-2-3-8-20(19)16-21;/h2-4,6-10,12,16-17H,5,11,13-15H2,1H3,(H2,23,25,26);1H. The third-order valence-corrected chi connectivity index (χ3v) is 4.26. The number of ether oxygens (including phenoxy) is 1. The van der Waals surface area contributed by atoms with E-state index in [9.17, 15) is 0 Å². The number of hydrogen-bond acceptors (Lipinski definition) is 3. The van der Waals surface area contributed by atoms with E-state index in [-0.39, 0.29) is 24.0 Å². The van der Waals surface area contributed by atoms with E-state index >= 15 is 0 Å². The second-order valence-corrected chi connectivity index (χ2v) is 6.25. The molecule has 0 unspecified atom stereocenters. The van der Waals surface area contributed by atoms with Crippen LogP contribution in [-0.2, 0) is 6.42 Å². The number of guanidine groups is 1. The Balaban J connectivity index is 0.00000280. The lowest BCUT2D eigenvalue weighted by molar-refractivity contribution is 0.311. The van der Waals surface area contributed by atoms with E-state index in [0.29, 0.717) is 6.61 Å². The normalized spacial score (nSPS) is 11.0. The number of pyridine rings is 1. The Morgan fingerprint density at radius 3 is 2.61 bits per heavy atom. The maximum atomic E-state index is 5.86. The van der Waals surface area contributed by atoms with Crippen molar-refractivity contribution < 1.29 is 4.74 Å². The number of fused-ring (bicyclic) bond motifs is 1. The van der Waals surface area contributed by atoms with E-state index in [1.165, 1.54) is 16.3 Å². The van der Waals surface area contributed by atoms with Crippen molar-refractivity contribution in [1.29, 1.82) is 0 Å². The molecule has 0 spiro atoms. The van der Waals surface area contributed by atoms with Crippen molar-refractivity contribution in [3.8, 4) is 5.75 Å². The minimum atomic E-state index is 0. The van der Waals surface area contributed by atoms with Gasteiger partial charge in [0, 0.05) is 32.5 Å². The van der Waals surface area contributed by atoms with Crippen LogP contribution in [0.5, 0.6) is 5.75 Å². The topological polar surface area (TPSA) is 58.5 Å². The highest BCUT2D eigenvalue weighted by atomic mass is 127. The fourth-order valence-electron chi connectivity index (χ4n) is 2.82. The number of hydrogen-bond donors (Lipinski definition) is 2. The minimum Gasteiger partial charge on any atom is -0.494 e. The van der Waals surface area contributed by atoms with Crippen LogP contribution in [0.15, 0.2) is 72.0 Å². The molecule has 0 atom stereocenters. The van der Waals surface area contributed by atoms with E-state index < -0.39 is 0 Å². The Morgan fingerprint density at radius 1 is 1.00 bits per heavy atom. The lowest BCUT2D eigenvalue weighted by Crippen LogP contribution is -2.39. The quantitative estimate of drug-likeness (QED) is 0.217. The first-order valence-corrected chi connectivity index (χ1v) is 9.30. The van der Waals surface area contributed by atoms with Crippen LogP contribution < -0.4 is 15.4 Å². The fourth-order valence-corrected chi connectivity index (χ4v) is 2.82. The molecule has 2 aromatic carbocycles. The predicted octanol–water partition coefficient (Wildman–Crippen LogP) is 4.03. The third kappa shape index (κ3) is 6.99. The summed E-state index contributed by atoms with van der Waals surface area (Å²) in [5.41, 5.74) is 1.21. The van der Waals surface area contributed by atoms with Crippen LogP contribution in [-0.4, -0.2) is 37.7 Å². The average molecular weight is 490 g/mol. The van der Waals surface area contributed by atoms with Gasteiger partial charge in [0.15, 0.2) is 5.96 Å². The second-order valence-electron chi connectivity index (χ2n) is 6.25. The molecule has 0 aliphatic heterocycles. The molecule has 0 amide bonds. The highest BCUT2D eigenvalue weighted by Crippen LogP contribution is 2.20. The molecule has 6 heteroatoms. The molecule has 0 aliphatic carbocycles. The van der Waals surface area contributed by atoms with Gasteiger partial charge in [-0.15, -0.1) is 24.0 Å². The number of halogens is 1. The molecule has 0 fully saturated rings. The van der Waals surface area contributed by atoms with Gasteiger partial charge >= 0.3 is 0 Å². The summed E-state index contributed by atoms with van der Waals surface area (Å²) in [7, 11) is 1.78. The number of rotatable bonds is 8. The maximum absolute atomic E-state index is 5.86. The smallest absolute Gasteiger partial charge is 0.190 e. The van der Waals surface area contributed by atoms with Crippen LogP contribution in [0.2, 0.25) is 0 Å². The highest BCUT2D eigenvalue weighted by Gasteiger charge is 2.00. The minimum absolute atomic E-state index is 0. The van der Waals surface area contributed by atoms with E-state index in [2.05, 4.69) is 50.9 Å². The van der Waals surface area contributed by atoms with Crippen molar-refractivity contribution in [2.75, 3.05) is 26.7 Å². The molecular weight excluding hydrogens is 463 g/mol. The van der Waals surface area contributed by atoms with Gasteiger partial charge in [-0.2, -0.15) is 0 Å². The largest absolute Gasteiger partial charge is 0.494 e. The number of aliphatic imine (C=N–C) groups is 1. The number of aromatic nitrogens is 1. The zero-order valence-corrected chi connectivity index (χ0v) is 18.4. The van der Waals surface area contributed by atoms with Crippen molar-refractivity contribution in [3.63, 3.8) is 0 Å². The molecular formula is C22H27IN4O. The van der Waals surface area contributed by atoms with Gasteiger partial charge in [-0.05, 0) is 47.4 Å². The lowest BCUT2D eigenvalue weighted by Gasteiger charge is -2.12. The molecule has 0 radical (unpaired) electrons. The van der Waals surface area contributed by atoms with Crippen LogP contribution in [0, 0.1) is 0 Å². The van der Waals surface area contributed by atoms with Crippen molar-refractivity contribution in [2.45, 2.75) is 12.8 Å². The number of benzene rings is 2. The molecule has 0 bridgehead atoms. The Bertz CT molecular complexity index is 871. The highest BCUT2D eigenvalue weighted by molar-refractivity contribution is 14.0. The summed E-state index contributed by atoms with van der Waals surface area (Å²) in [6.07, 6.45) is 5.50. The first-order valence-electron chi connectivity index (χ1n) is 9.30. The van der Waals surface area contributed by atoms with Gasteiger partial charge in [0.25, 0.3) is 0 Å². The van der Waals surface area contributed by atoms with E-state index in [1.54, 1.807) is 13.2 Å². The maximum Gasteiger partial charge on any atom is 0.190 e. The molecule has 5 nitrogen and oxygen atoms in total. The Labute approximate surface area is 183 Å².